The van der Waals surface area contributed by atoms with E-state index in [1.54, 1.807) is 23.1 Å². The van der Waals surface area contributed by atoms with E-state index in [0.29, 0.717) is 43.0 Å². The van der Waals surface area contributed by atoms with Crippen molar-refractivity contribution < 1.29 is 32.7 Å². The van der Waals surface area contributed by atoms with Crippen molar-refractivity contribution in [1.29, 1.82) is 0 Å². The largest absolute Gasteiger partial charge is 0.491 e. The molecule has 2 aromatic rings. The lowest BCUT2D eigenvalue weighted by Gasteiger charge is -2.44. The number of ketones is 1. The van der Waals surface area contributed by atoms with E-state index in [0.717, 1.165) is 6.07 Å². The summed E-state index contributed by atoms with van der Waals surface area (Å²) in [6, 6.07) is 8.51. The number of carbonyl (C=O) groups excluding carboxylic acids is 1. The number of benzene rings is 2. The third-order valence-corrected chi connectivity index (χ3v) is 6.82. The smallest absolute Gasteiger partial charge is 0.293 e. The first kappa shape index (κ1) is 23.0. The molecule has 0 bridgehead atoms. The number of hydrogen-bond donors (Lipinski definition) is 2. The van der Waals surface area contributed by atoms with Crippen LogP contribution >= 0.6 is 0 Å². The average Bonchev–Trinajstić information content (AvgIpc) is 2.77. The number of sulfonamides is 1. The predicted octanol–water partition coefficient (Wildman–Crippen LogP) is 1.62. The van der Waals surface area contributed by atoms with Crippen LogP contribution in [0.1, 0.15) is 29.6 Å². The van der Waals surface area contributed by atoms with Crippen LogP contribution < -0.4 is 19.5 Å². The number of nitro groups is 1. The Morgan fingerprint density at radius 2 is 1.94 bits per heavy atom. The minimum atomic E-state index is -4.08. The Morgan fingerprint density at radius 1 is 1.21 bits per heavy atom. The zero-order valence-corrected chi connectivity index (χ0v) is 18.4. The molecule has 2 aliphatic heterocycles. The number of Topliss-reactive ketones (excluding diaryl/α,β-unsaturated/α-hetero) is 1. The van der Waals surface area contributed by atoms with Crippen molar-refractivity contribution in [2.45, 2.75) is 29.8 Å². The fourth-order valence-corrected chi connectivity index (χ4v) is 4.79. The van der Waals surface area contributed by atoms with Gasteiger partial charge in [0.2, 0.25) is 10.0 Å². The number of nitrogens with zero attached hydrogens (tertiary/aromatic N) is 2. The van der Waals surface area contributed by atoms with Gasteiger partial charge in [-0.05, 0) is 24.3 Å². The molecule has 11 nitrogen and oxygen atoms in total. The van der Waals surface area contributed by atoms with Crippen LogP contribution in [0.4, 0.5) is 11.4 Å². The second-order valence-electron chi connectivity index (χ2n) is 8.05. The molecule has 0 aliphatic carbocycles. The van der Waals surface area contributed by atoms with Crippen LogP contribution in [-0.2, 0) is 10.0 Å². The van der Waals surface area contributed by atoms with Crippen molar-refractivity contribution in [2.75, 3.05) is 31.2 Å². The molecule has 12 heteroatoms. The van der Waals surface area contributed by atoms with Gasteiger partial charge in [-0.25, -0.2) is 13.6 Å². The molecule has 0 saturated carbocycles. The van der Waals surface area contributed by atoms with Crippen LogP contribution in [0.3, 0.4) is 0 Å². The van der Waals surface area contributed by atoms with Crippen molar-refractivity contribution in [3.63, 3.8) is 0 Å². The zero-order chi connectivity index (χ0) is 23.8. The Hall–Kier alpha value is -3.22. The first-order valence-corrected chi connectivity index (χ1v) is 11.8. The van der Waals surface area contributed by atoms with Crippen LogP contribution in [0.5, 0.6) is 11.5 Å². The van der Waals surface area contributed by atoms with Gasteiger partial charge in [0.05, 0.1) is 28.4 Å². The number of aliphatic hydroxyl groups excluding tert-OH is 1. The second-order valence-corrected chi connectivity index (χ2v) is 9.62. The number of anilines is 1. The first-order chi connectivity index (χ1) is 15.6. The first-order valence-electron chi connectivity index (χ1n) is 10.3. The molecule has 0 unspecified atom stereocenters. The fraction of sp³-hybridized carbons (Fsp3) is 0.381. The monoisotopic (exact) mass is 477 g/mol. The predicted molar refractivity (Wildman–Crippen MR) is 117 cm³/mol. The highest BCUT2D eigenvalue weighted by molar-refractivity contribution is 7.89. The highest BCUT2D eigenvalue weighted by Gasteiger charge is 2.43. The van der Waals surface area contributed by atoms with Gasteiger partial charge in [-0.2, -0.15) is 0 Å². The minimum Gasteiger partial charge on any atom is -0.491 e. The Kier molecular flexibility index (Phi) is 5.99. The number of piperidine rings is 1. The fourth-order valence-electron chi connectivity index (χ4n) is 4.26. The van der Waals surface area contributed by atoms with Gasteiger partial charge in [-0.15, -0.1) is 0 Å². The summed E-state index contributed by atoms with van der Waals surface area (Å²) in [6.07, 6.45) is 1.07. The quantitative estimate of drug-likeness (QED) is 0.465. The zero-order valence-electron chi connectivity index (χ0n) is 17.6. The van der Waals surface area contributed by atoms with Crippen LogP contribution in [0.15, 0.2) is 41.3 Å². The van der Waals surface area contributed by atoms with Crippen molar-refractivity contribution in [3.8, 4) is 11.5 Å². The minimum absolute atomic E-state index is 0.0538. The molecule has 2 aromatic carbocycles. The van der Waals surface area contributed by atoms with E-state index in [1.165, 1.54) is 12.1 Å². The summed E-state index contributed by atoms with van der Waals surface area (Å²) in [5.74, 6) is 0.844. The highest BCUT2D eigenvalue weighted by Crippen LogP contribution is 2.42. The topological polar surface area (TPSA) is 162 Å². The summed E-state index contributed by atoms with van der Waals surface area (Å²) >= 11 is 0. The number of nitro benzene ring substituents is 1. The molecule has 176 valence electrons. The van der Waals surface area contributed by atoms with Gasteiger partial charge in [0, 0.05) is 38.1 Å². The molecule has 0 atom stereocenters. The molecule has 1 fully saturated rings. The summed E-state index contributed by atoms with van der Waals surface area (Å²) < 4.78 is 34.8. The molecule has 2 heterocycles. The Balaban J connectivity index is 1.55. The van der Waals surface area contributed by atoms with E-state index in [4.69, 9.17) is 19.7 Å². The molecule has 1 spiro atoms. The van der Waals surface area contributed by atoms with Crippen molar-refractivity contribution in [1.82, 2.24) is 0 Å². The molecule has 4 rings (SSSR count). The van der Waals surface area contributed by atoms with Gasteiger partial charge in [0.15, 0.2) is 5.78 Å². The lowest BCUT2D eigenvalue weighted by atomic mass is 9.82. The average molecular weight is 477 g/mol. The van der Waals surface area contributed by atoms with Crippen LogP contribution in [-0.4, -0.2) is 56.1 Å². The van der Waals surface area contributed by atoms with Crippen molar-refractivity contribution in [2.24, 2.45) is 5.14 Å². The molecule has 0 amide bonds. The molecule has 0 radical (unpaired) electrons. The molecule has 0 aromatic heterocycles. The van der Waals surface area contributed by atoms with Gasteiger partial charge in [-0.3, -0.25) is 14.9 Å². The lowest BCUT2D eigenvalue weighted by Crippen LogP contribution is -2.51. The van der Waals surface area contributed by atoms with Gasteiger partial charge < -0.3 is 19.5 Å². The van der Waals surface area contributed by atoms with Crippen molar-refractivity contribution >= 4 is 27.2 Å². The van der Waals surface area contributed by atoms with E-state index in [-0.39, 0.29) is 41.7 Å². The summed E-state index contributed by atoms with van der Waals surface area (Å²) in [7, 11) is -4.08. The molecule has 33 heavy (non-hydrogen) atoms. The number of hydrogen-bond acceptors (Lipinski definition) is 9. The Bertz CT molecular complexity index is 1210. The number of carbonyl (C=O) groups is 1. The van der Waals surface area contributed by atoms with Crippen LogP contribution in [0, 0.1) is 10.1 Å². The molecular weight excluding hydrogens is 454 g/mol. The number of primary sulfonamides is 1. The number of ether oxygens (including phenoxy) is 2. The third kappa shape index (κ3) is 4.63. The van der Waals surface area contributed by atoms with E-state index in [1.807, 2.05) is 0 Å². The van der Waals surface area contributed by atoms with E-state index >= 15 is 0 Å². The number of aliphatic hydroxyl groups is 1. The van der Waals surface area contributed by atoms with E-state index in [2.05, 4.69) is 0 Å². The van der Waals surface area contributed by atoms with Gasteiger partial charge in [-0.1, -0.05) is 0 Å². The lowest BCUT2D eigenvalue weighted by molar-refractivity contribution is -0.384. The van der Waals surface area contributed by atoms with E-state index < -0.39 is 20.5 Å². The van der Waals surface area contributed by atoms with Crippen LogP contribution in [0.2, 0.25) is 0 Å². The molecular formula is C21H23N3O8S. The summed E-state index contributed by atoms with van der Waals surface area (Å²) in [4.78, 5) is 25.2. The number of fused-ring (bicyclic) bond motifs is 1. The maximum Gasteiger partial charge on any atom is 0.293 e. The maximum atomic E-state index is 12.8. The number of rotatable bonds is 6. The normalized spacial score (nSPS) is 17.4. The van der Waals surface area contributed by atoms with Crippen LogP contribution in [0.25, 0.3) is 0 Å². The Morgan fingerprint density at radius 3 is 2.58 bits per heavy atom. The second kappa shape index (κ2) is 8.61. The third-order valence-electron chi connectivity index (χ3n) is 5.91. The summed E-state index contributed by atoms with van der Waals surface area (Å²) in [5.41, 5.74) is -0.349. The molecule has 3 N–H and O–H groups in total. The standard InChI is InChI=1S/C21H23N3O8S/c22-33(29,30)15-2-4-17(18(12-15)24(27)28)23-7-5-21(6-8-23)13-19(26)16-3-1-14(31-10-9-25)11-20(16)32-21/h1-4,11-12,25H,5-10,13H2,(H2,22,29,30). The summed E-state index contributed by atoms with van der Waals surface area (Å²) in [6.45, 7) is 0.731. The Labute approximate surface area is 189 Å². The SMILES string of the molecule is NS(=O)(=O)c1ccc(N2CCC3(CC2)CC(=O)c2ccc(OCCO)cc2O3)c([N+](=O)[O-])c1. The van der Waals surface area contributed by atoms with E-state index in [9.17, 15) is 23.3 Å². The number of nitrogens with two attached hydrogens (primary N) is 1. The summed E-state index contributed by atoms with van der Waals surface area (Å²) in [5, 5.41) is 25.6. The van der Waals surface area contributed by atoms with Gasteiger partial charge >= 0.3 is 0 Å². The molecule has 2 aliphatic rings. The maximum absolute atomic E-state index is 12.8. The highest BCUT2D eigenvalue weighted by atomic mass is 32.2. The molecule has 1 saturated heterocycles. The van der Waals surface area contributed by atoms with Crippen molar-refractivity contribution in [3.05, 3.63) is 52.1 Å². The van der Waals surface area contributed by atoms with Gasteiger partial charge in [0.1, 0.15) is 29.4 Å². The van der Waals surface area contributed by atoms with Gasteiger partial charge in [0.25, 0.3) is 5.69 Å².